The number of aromatic nitrogens is 1. The highest BCUT2D eigenvalue weighted by Crippen LogP contribution is 2.25. The first-order valence-electron chi connectivity index (χ1n) is 4.42. The van der Waals surface area contributed by atoms with Gasteiger partial charge >= 0.3 is 0 Å². The minimum absolute atomic E-state index is 0.0646. The van der Waals surface area contributed by atoms with Gasteiger partial charge in [0.15, 0.2) is 0 Å². The topological polar surface area (TPSA) is 105 Å². The van der Waals surface area contributed by atoms with Crippen LogP contribution in [0, 0.1) is 6.92 Å². The Kier molecular flexibility index (Phi) is 3.73. The fraction of sp³-hybridized carbons (Fsp3) is 0.444. The second kappa shape index (κ2) is 4.65. The number of hydrogen-bond acceptors (Lipinski definition) is 5. The summed E-state index contributed by atoms with van der Waals surface area (Å²) in [6.07, 6.45) is -2.15. The molecule has 1 aromatic rings. The van der Waals surface area contributed by atoms with E-state index in [0.29, 0.717) is 11.3 Å². The number of aliphatic hydroxyl groups is 2. The number of nitrogens with two attached hydrogens (primary N) is 2. The molecule has 0 bridgehead atoms. The smallest absolute Gasteiger partial charge is 0.146 e. The van der Waals surface area contributed by atoms with E-state index >= 15 is 0 Å². The fourth-order valence-electron chi connectivity index (χ4n) is 1.25. The van der Waals surface area contributed by atoms with Crippen molar-refractivity contribution in [2.24, 2.45) is 0 Å². The molecule has 0 saturated heterocycles. The number of halogens is 1. The first kappa shape index (κ1) is 12.0. The Bertz CT molecular complexity index is 359. The van der Waals surface area contributed by atoms with Crippen molar-refractivity contribution in [1.82, 2.24) is 4.98 Å². The van der Waals surface area contributed by atoms with Crippen molar-refractivity contribution in [3.8, 4) is 0 Å². The number of aryl methyl sites for hydroxylation is 1. The first-order valence-corrected chi connectivity index (χ1v) is 4.95. The lowest BCUT2D eigenvalue weighted by atomic mass is 10.0. The highest BCUT2D eigenvalue weighted by molar-refractivity contribution is 6.18. The zero-order valence-corrected chi connectivity index (χ0v) is 9.07. The molecule has 0 aliphatic heterocycles. The molecule has 0 fully saturated rings. The van der Waals surface area contributed by atoms with Crippen LogP contribution >= 0.6 is 11.6 Å². The van der Waals surface area contributed by atoms with E-state index in [1.165, 1.54) is 6.07 Å². The molecule has 0 saturated carbocycles. The minimum atomic E-state index is -1.10. The van der Waals surface area contributed by atoms with Gasteiger partial charge in [0, 0.05) is 11.3 Å². The Morgan fingerprint density at radius 2 is 2.07 bits per heavy atom. The average molecular weight is 232 g/mol. The lowest BCUT2D eigenvalue weighted by Gasteiger charge is -2.18. The maximum atomic E-state index is 9.71. The van der Waals surface area contributed by atoms with E-state index in [9.17, 15) is 10.2 Å². The number of rotatable bonds is 3. The van der Waals surface area contributed by atoms with E-state index in [1.54, 1.807) is 6.92 Å². The summed E-state index contributed by atoms with van der Waals surface area (Å²) in [6.45, 7) is 1.68. The molecular formula is C9H14ClN3O2. The number of anilines is 2. The highest BCUT2D eigenvalue weighted by atomic mass is 35.5. The Morgan fingerprint density at radius 3 is 2.60 bits per heavy atom. The van der Waals surface area contributed by atoms with Crippen molar-refractivity contribution < 1.29 is 10.2 Å². The van der Waals surface area contributed by atoms with E-state index in [2.05, 4.69) is 4.98 Å². The van der Waals surface area contributed by atoms with Crippen LogP contribution in [0.4, 0.5) is 11.5 Å². The summed E-state index contributed by atoms with van der Waals surface area (Å²) in [5.41, 5.74) is 12.3. The molecule has 1 aromatic heterocycles. The molecule has 0 aliphatic carbocycles. The molecule has 6 N–H and O–H groups in total. The molecular weight excluding hydrogens is 218 g/mol. The van der Waals surface area contributed by atoms with Gasteiger partial charge in [-0.1, -0.05) is 0 Å². The molecule has 5 nitrogen and oxygen atoms in total. The number of nitrogen functional groups attached to an aromatic ring is 2. The summed E-state index contributed by atoms with van der Waals surface area (Å²) < 4.78 is 0. The average Bonchev–Trinajstić information content (AvgIpc) is 2.21. The van der Waals surface area contributed by atoms with Gasteiger partial charge < -0.3 is 21.7 Å². The second-order valence-electron chi connectivity index (χ2n) is 3.30. The van der Waals surface area contributed by atoms with Gasteiger partial charge in [-0.15, -0.1) is 11.6 Å². The molecule has 2 unspecified atom stereocenters. The number of hydrogen-bond donors (Lipinski definition) is 4. The number of alkyl halides is 1. The van der Waals surface area contributed by atoms with Crippen molar-refractivity contribution in [2.45, 2.75) is 19.1 Å². The molecule has 15 heavy (non-hydrogen) atoms. The van der Waals surface area contributed by atoms with Crippen molar-refractivity contribution in [2.75, 3.05) is 17.3 Å². The minimum Gasteiger partial charge on any atom is -0.396 e. The van der Waals surface area contributed by atoms with Gasteiger partial charge in [-0.2, -0.15) is 0 Å². The monoisotopic (exact) mass is 231 g/mol. The lowest BCUT2D eigenvalue weighted by molar-refractivity contribution is 0.0321. The van der Waals surface area contributed by atoms with Crippen LogP contribution in [0.15, 0.2) is 6.07 Å². The predicted octanol–water partition coefficient (Wildman–Crippen LogP) is 0.188. The third kappa shape index (κ3) is 2.50. The summed E-state index contributed by atoms with van der Waals surface area (Å²) in [5.74, 6) is 0.147. The van der Waals surface area contributed by atoms with Crippen LogP contribution in [0.3, 0.4) is 0 Å². The molecule has 0 aromatic carbocycles. The summed E-state index contributed by atoms with van der Waals surface area (Å²) in [6, 6.07) is 1.50. The molecule has 0 radical (unpaired) electrons. The van der Waals surface area contributed by atoms with Gasteiger partial charge in [0.2, 0.25) is 0 Å². The third-order valence-electron chi connectivity index (χ3n) is 2.15. The van der Waals surface area contributed by atoms with E-state index in [4.69, 9.17) is 23.1 Å². The zero-order chi connectivity index (χ0) is 11.6. The van der Waals surface area contributed by atoms with Crippen molar-refractivity contribution in [1.29, 1.82) is 0 Å². The summed E-state index contributed by atoms with van der Waals surface area (Å²) >= 11 is 5.43. The fourth-order valence-corrected chi connectivity index (χ4v) is 1.42. The molecule has 84 valence electrons. The molecule has 0 spiro atoms. The first-order chi connectivity index (χ1) is 6.97. The largest absolute Gasteiger partial charge is 0.396 e. The molecule has 1 rings (SSSR count). The second-order valence-corrected chi connectivity index (χ2v) is 3.61. The summed E-state index contributed by atoms with van der Waals surface area (Å²) in [5, 5.41) is 19.1. The number of nitrogens with zero attached hydrogens (tertiary/aromatic N) is 1. The van der Waals surface area contributed by atoms with Crippen LogP contribution in [-0.2, 0) is 0 Å². The Balaban J connectivity index is 3.09. The number of aliphatic hydroxyl groups excluding tert-OH is 2. The van der Waals surface area contributed by atoms with Crippen LogP contribution in [0.2, 0.25) is 0 Å². The SMILES string of the molecule is Cc1nc(N)c(N)cc1C(O)C(O)CCl. The van der Waals surface area contributed by atoms with Gasteiger partial charge in [-0.25, -0.2) is 4.98 Å². The van der Waals surface area contributed by atoms with Crippen LogP contribution in [0.1, 0.15) is 17.4 Å². The van der Waals surface area contributed by atoms with Crippen molar-refractivity contribution in [3.63, 3.8) is 0 Å². The van der Waals surface area contributed by atoms with E-state index < -0.39 is 12.2 Å². The van der Waals surface area contributed by atoms with Crippen LogP contribution in [0.5, 0.6) is 0 Å². The molecule has 0 aliphatic rings. The Morgan fingerprint density at radius 1 is 1.47 bits per heavy atom. The van der Waals surface area contributed by atoms with Crippen molar-refractivity contribution >= 4 is 23.1 Å². The predicted molar refractivity (Wildman–Crippen MR) is 59.5 cm³/mol. The Labute approximate surface area is 92.7 Å². The highest BCUT2D eigenvalue weighted by Gasteiger charge is 2.20. The van der Waals surface area contributed by atoms with Crippen LogP contribution in [-0.4, -0.2) is 27.2 Å². The Hall–Kier alpha value is -1.04. The van der Waals surface area contributed by atoms with Crippen molar-refractivity contribution in [3.05, 3.63) is 17.3 Å². The van der Waals surface area contributed by atoms with Gasteiger partial charge in [-0.05, 0) is 13.0 Å². The van der Waals surface area contributed by atoms with Crippen LogP contribution < -0.4 is 11.5 Å². The van der Waals surface area contributed by atoms with E-state index in [-0.39, 0.29) is 17.4 Å². The zero-order valence-electron chi connectivity index (χ0n) is 8.31. The lowest BCUT2D eigenvalue weighted by Crippen LogP contribution is -2.21. The van der Waals surface area contributed by atoms with Gasteiger partial charge in [0.05, 0.1) is 17.7 Å². The maximum Gasteiger partial charge on any atom is 0.146 e. The molecule has 0 amide bonds. The maximum absolute atomic E-state index is 9.71. The van der Waals surface area contributed by atoms with Gasteiger partial charge in [-0.3, -0.25) is 0 Å². The quantitative estimate of drug-likeness (QED) is 0.556. The third-order valence-corrected chi connectivity index (χ3v) is 2.47. The normalized spacial score (nSPS) is 14.9. The van der Waals surface area contributed by atoms with E-state index in [1.807, 2.05) is 0 Å². The van der Waals surface area contributed by atoms with Gasteiger partial charge in [0.1, 0.15) is 11.9 Å². The van der Waals surface area contributed by atoms with Crippen LogP contribution in [0.25, 0.3) is 0 Å². The molecule has 2 atom stereocenters. The standard InChI is InChI=1S/C9H14ClN3O2/c1-4-5(8(15)7(14)3-10)2-6(11)9(12)13-4/h2,7-8,14-15H,3,11H2,1H3,(H2,12,13). The molecule has 1 heterocycles. The van der Waals surface area contributed by atoms with E-state index in [0.717, 1.165) is 0 Å². The summed E-state index contributed by atoms with van der Waals surface area (Å²) in [4.78, 5) is 3.95. The number of pyridine rings is 1. The molecule has 6 heteroatoms. The van der Waals surface area contributed by atoms with Gasteiger partial charge in [0.25, 0.3) is 0 Å². The summed E-state index contributed by atoms with van der Waals surface area (Å²) in [7, 11) is 0.